The van der Waals surface area contributed by atoms with Crippen LogP contribution >= 0.6 is 0 Å². The molecule has 290 valence electrons. The minimum absolute atomic E-state index is 0.0803. The summed E-state index contributed by atoms with van der Waals surface area (Å²) < 4.78 is 2.26. The van der Waals surface area contributed by atoms with Gasteiger partial charge in [-0.15, -0.1) is 0 Å². The predicted octanol–water partition coefficient (Wildman–Crippen LogP) is 10.9. The lowest BCUT2D eigenvalue weighted by molar-refractivity contribution is 0.474. The van der Waals surface area contributed by atoms with Crippen LogP contribution in [0.3, 0.4) is 0 Å². The van der Waals surface area contributed by atoms with Crippen molar-refractivity contribution in [3.8, 4) is 39.4 Å². The number of benzene rings is 7. The Morgan fingerprint density at radius 1 is 0.559 bits per heavy atom. The van der Waals surface area contributed by atoms with Gasteiger partial charge in [0.15, 0.2) is 8.07 Å². The van der Waals surface area contributed by atoms with Crippen molar-refractivity contribution < 1.29 is 5.11 Å². The van der Waals surface area contributed by atoms with E-state index in [1.54, 1.807) is 0 Å². The molecule has 7 aromatic carbocycles. The summed E-state index contributed by atoms with van der Waals surface area (Å²) >= 11 is 0. The number of hydrogen-bond donors (Lipinski definition) is 1. The summed E-state index contributed by atoms with van der Waals surface area (Å²) in [4.78, 5) is 10.5. The van der Waals surface area contributed by atoms with Gasteiger partial charge in [-0.3, -0.25) is 4.98 Å². The average molecular weight is 784 g/mol. The smallest absolute Gasteiger partial charge is 0.179 e. The molecule has 59 heavy (non-hydrogen) atoms. The largest absolute Gasteiger partial charge is 0.507 e. The second-order valence-corrected chi connectivity index (χ2v) is 20.8. The van der Waals surface area contributed by atoms with Crippen molar-refractivity contribution in [1.82, 2.24) is 14.5 Å². The first-order valence-corrected chi connectivity index (χ1v) is 22.6. The molecule has 0 bridgehead atoms. The van der Waals surface area contributed by atoms with Crippen LogP contribution in [0.5, 0.6) is 5.75 Å². The maximum absolute atomic E-state index is 11.3. The third-order valence-corrected chi connectivity index (χ3v) is 16.7. The van der Waals surface area contributed by atoms with Crippen LogP contribution in [0.1, 0.15) is 51.8 Å². The fourth-order valence-corrected chi connectivity index (χ4v) is 13.8. The Balaban J connectivity index is 1.29. The van der Waals surface area contributed by atoms with Crippen LogP contribution in [-0.2, 0) is 5.41 Å². The maximum atomic E-state index is 11.3. The number of imidazole rings is 1. The molecule has 9 aromatic rings. The summed E-state index contributed by atoms with van der Waals surface area (Å²) in [5.74, 6) is 0.999. The summed E-state index contributed by atoms with van der Waals surface area (Å²) in [6.45, 7) is 13.1. The van der Waals surface area contributed by atoms with Gasteiger partial charge in [0.1, 0.15) is 11.6 Å². The van der Waals surface area contributed by atoms with Gasteiger partial charge in [-0.1, -0.05) is 160 Å². The number of nitrogens with zero attached hydrogens (tertiary/aromatic N) is 3. The zero-order chi connectivity index (χ0) is 40.9. The fraction of sp³-hybridized carbons (Fsp3) is 0.148. The van der Waals surface area contributed by atoms with Crippen molar-refractivity contribution in [2.75, 3.05) is 0 Å². The molecule has 2 aromatic heterocycles. The Kier molecular flexibility index (Phi) is 9.65. The van der Waals surface area contributed by atoms with E-state index >= 15 is 0 Å². The highest BCUT2D eigenvalue weighted by Gasteiger charge is 2.42. The molecule has 0 fully saturated rings. The summed E-state index contributed by atoms with van der Waals surface area (Å²) in [7, 11) is -2.85. The molecule has 9 rings (SSSR count). The Labute approximate surface area is 348 Å². The van der Waals surface area contributed by atoms with Gasteiger partial charge in [-0.25, -0.2) is 4.98 Å². The van der Waals surface area contributed by atoms with Crippen molar-refractivity contribution in [1.29, 1.82) is 0 Å². The molecular formula is C54H49N3OSi. The number of aromatic hydroxyl groups is 1. The molecule has 0 atom stereocenters. The molecule has 2 heterocycles. The number of phenolic OH excluding ortho intramolecular Hbond substituents is 1. The topological polar surface area (TPSA) is 50.9 Å². The van der Waals surface area contributed by atoms with Gasteiger partial charge in [-0.2, -0.15) is 0 Å². The summed E-state index contributed by atoms with van der Waals surface area (Å²) in [6.07, 6.45) is 1.94. The van der Waals surface area contributed by atoms with Crippen molar-refractivity contribution in [3.05, 3.63) is 187 Å². The zero-order valence-corrected chi connectivity index (χ0v) is 35.6. The second-order valence-electron chi connectivity index (χ2n) is 17.0. The summed E-state index contributed by atoms with van der Waals surface area (Å²) in [5.41, 5.74) is 10.3. The van der Waals surface area contributed by atoms with Gasteiger partial charge in [-0.05, 0) is 99.5 Å². The number of hydrogen-bond acceptors (Lipinski definition) is 3. The Hall–Kier alpha value is -6.56. The van der Waals surface area contributed by atoms with Crippen LogP contribution in [0, 0.1) is 6.92 Å². The van der Waals surface area contributed by atoms with Crippen molar-refractivity contribution in [2.45, 2.75) is 53.0 Å². The minimum Gasteiger partial charge on any atom is -0.507 e. The molecule has 0 spiro atoms. The van der Waals surface area contributed by atoms with Crippen molar-refractivity contribution >= 4 is 50.8 Å². The first-order valence-electron chi connectivity index (χ1n) is 20.6. The van der Waals surface area contributed by atoms with E-state index in [0.717, 1.165) is 61.1 Å². The van der Waals surface area contributed by atoms with E-state index in [-0.39, 0.29) is 17.2 Å². The SMILES string of the molecule is Cc1ccnc2c(-c3cccc(-c4cccc5c4nc(-c4cc(C(C)(C)C)ccc4O)n5C(C)C)c3)cc([Si](c3ccccc3)(c3ccccc3)c3ccccc3)cc12. The van der Waals surface area contributed by atoms with Gasteiger partial charge in [0, 0.05) is 28.8 Å². The van der Waals surface area contributed by atoms with E-state index in [0.29, 0.717) is 0 Å². The standard InChI is InChI=1S/C54H49N3OSi/c1-36(2)57-49-27-17-26-45(52(49)56-53(57)48-33-40(54(4,5)6)28-29-50(48)58)38-18-16-19-39(32-38)47-35-44(34-46-37(3)30-31-55-51(46)47)59(41-20-10-7-11-21-41,42-22-12-8-13-23-42)43-24-14-9-15-25-43/h7-36,58H,1-6H3. The second kappa shape index (κ2) is 15.0. The van der Waals surface area contributed by atoms with E-state index in [1.807, 2.05) is 18.3 Å². The molecule has 0 radical (unpaired) electrons. The fourth-order valence-electron chi connectivity index (χ4n) is 8.99. The van der Waals surface area contributed by atoms with Crippen LogP contribution in [0.4, 0.5) is 0 Å². The van der Waals surface area contributed by atoms with E-state index in [4.69, 9.17) is 9.97 Å². The number of fused-ring (bicyclic) bond motifs is 2. The van der Waals surface area contributed by atoms with Crippen LogP contribution in [0.2, 0.25) is 0 Å². The number of rotatable bonds is 8. The van der Waals surface area contributed by atoms with E-state index < -0.39 is 8.07 Å². The number of phenols is 1. The van der Waals surface area contributed by atoms with Crippen molar-refractivity contribution in [2.24, 2.45) is 0 Å². The Morgan fingerprint density at radius 2 is 1.15 bits per heavy atom. The average Bonchev–Trinajstić information content (AvgIpc) is 3.65. The quantitative estimate of drug-likeness (QED) is 0.123. The third kappa shape index (κ3) is 6.56. The highest BCUT2D eigenvalue weighted by Crippen LogP contribution is 2.40. The van der Waals surface area contributed by atoms with Gasteiger partial charge in [0.25, 0.3) is 0 Å². The summed E-state index contributed by atoms with van der Waals surface area (Å²) in [5, 5.41) is 17.7. The molecule has 0 aliphatic rings. The summed E-state index contributed by atoms with van der Waals surface area (Å²) in [6, 6.07) is 61.6. The first kappa shape index (κ1) is 38.0. The number of pyridine rings is 1. The van der Waals surface area contributed by atoms with Gasteiger partial charge < -0.3 is 9.67 Å². The van der Waals surface area contributed by atoms with Gasteiger partial charge >= 0.3 is 0 Å². The predicted molar refractivity (Wildman–Crippen MR) is 250 cm³/mol. The molecule has 0 amide bonds. The van der Waals surface area contributed by atoms with E-state index in [2.05, 4.69) is 204 Å². The van der Waals surface area contributed by atoms with Gasteiger partial charge in [0.2, 0.25) is 0 Å². The lowest BCUT2D eigenvalue weighted by atomic mass is 9.86. The molecule has 0 saturated heterocycles. The van der Waals surface area contributed by atoms with Crippen LogP contribution in [0.15, 0.2) is 176 Å². The highest BCUT2D eigenvalue weighted by atomic mass is 28.3. The van der Waals surface area contributed by atoms with E-state index in [9.17, 15) is 5.11 Å². The molecule has 0 saturated carbocycles. The minimum atomic E-state index is -2.85. The molecule has 0 aliphatic carbocycles. The first-order chi connectivity index (χ1) is 28.6. The number of para-hydroxylation sites is 1. The lowest BCUT2D eigenvalue weighted by Crippen LogP contribution is -2.74. The molecule has 0 aliphatic heterocycles. The van der Waals surface area contributed by atoms with Crippen molar-refractivity contribution in [3.63, 3.8) is 0 Å². The monoisotopic (exact) mass is 783 g/mol. The Morgan fingerprint density at radius 3 is 1.75 bits per heavy atom. The normalized spacial score (nSPS) is 12.1. The molecule has 5 heteroatoms. The Bertz CT molecular complexity index is 2870. The maximum Gasteiger partial charge on any atom is 0.179 e. The number of aryl methyl sites for hydroxylation is 1. The third-order valence-electron chi connectivity index (χ3n) is 11.9. The van der Waals surface area contributed by atoms with Crippen LogP contribution in [-0.4, -0.2) is 27.7 Å². The molecular weight excluding hydrogens is 735 g/mol. The molecule has 4 nitrogen and oxygen atoms in total. The molecule has 0 unspecified atom stereocenters. The number of aromatic nitrogens is 3. The highest BCUT2D eigenvalue weighted by molar-refractivity contribution is 7.20. The van der Waals surface area contributed by atoms with Crippen LogP contribution in [0.25, 0.3) is 55.6 Å². The molecule has 1 N–H and O–H groups in total. The van der Waals surface area contributed by atoms with Gasteiger partial charge in [0.05, 0.1) is 22.1 Å². The van der Waals surface area contributed by atoms with Crippen LogP contribution < -0.4 is 20.7 Å². The zero-order valence-electron chi connectivity index (χ0n) is 34.6. The van der Waals surface area contributed by atoms with E-state index in [1.165, 1.54) is 26.3 Å². The lowest BCUT2D eigenvalue weighted by Gasteiger charge is -2.35.